The number of hydrogen-bond donors (Lipinski definition) is 1. The highest BCUT2D eigenvalue weighted by Gasteiger charge is 2.38. The number of nitrogens with two attached hydrogens (primary N) is 1. The number of nitro groups is 1. The van der Waals surface area contributed by atoms with Gasteiger partial charge in [0.05, 0.1) is 4.92 Å². The molecule has 1 aromatic rings. The van der Waals surface area contributed by atoms with Crippen LogP contribution in [0, 0.1) is 22.0 Å². The van der Waals surface area contributed by atoms with Crippen molar-refractivity contribution < 1.29 is 9.72 Å². The average molecular weight is 289 g/mol. The molecule has 112 valence electrons. The topological polar surface area (TPSA) is 89.5 Å². The van der Waals surface area contributed by atoms with Crippen LogP contribution in [0.25, 0.3) is 0 Å². The lowest BCUT2D eigenvalue weighted by Crippen LogP contribution is -2.32. The molecule has 6 nitrogen and oxygen atoms in total. The number of rotatable bonds is 2. The first-order valence-electron chi connectivity index (χ1n) is 7.34. The van der Waals surface area contributed by atoms with Crippen molar-refractivity contribution in [3.63, 3.8) is 0 Å². The van der Waals surface area contributed by atoms with Crippen molar-refractivity contribution in [1.29, 1.82) is 0 Å². The van der Waals surface area contributed by atoms with Gasteiger partial charge in [-0.15, -0.1) is 0 Å². The van der Waals surface area contributed by atoms with E-state index in [2.05, 4.69) is 0 Å². The molecule has 1 unspecified atom stereocenters. The number of amides is 1. The zero-order valence-electron chi connectivity index (χ0n) is 11.8. The van der Waals surface area contributed by atoms with Crippen LogP contribution in [0.5, 0.6) is 0 Å². The van der Waals surface area contributed by atoms with Crippen molar-refractivity contribution in [1.82, 2.24) is 4.90 Å². The number of nitro benzene ring substituents is 1. The Morgan fingerprint density at radius 2 is 2.05 bits per heavy atom. The minimum atomic E-state index is -0.473. The van der Waals surface area contributed by atoms with Gasteiger partial charge in [0.15, 0.2) is 0 Å². The van der Waals surface area contributed by atoms with E-state index in [1.54, 1.807) is 12.1 Å². The Morgan fingerprint density at radius 1 is 1.29 bits per heavy atom. The summed E-state index contributed by atoms with van der Waals surface area (Å²) in [5.74, 6) is 0.908. The van der Waals surface area contributed by atoms with Crippen LogP contribution in [0.4, 0.5) is 5.69 Å². The Balaban J connectivity index is 1.74. The van der Waals surface area contributed by atoms with Gasteiger partial charge in [0.1, 0.15) is 0 Å². The minimum Gasteiger partial charge on any atom is -0.338 e. The second-order valence-corrected chi connectivity index (χ2v) is 6.11. The second kappa shape index (κ2) is 5.44. The van der Waals surface area contributed by atoms with Crippen LogP contribution >= 0.6 is 0 Å². The third-order valence-corrected chi connectivity index (χ3v) is 4.68. The summed E-state index contributed by atoms with van der Waals surface area (Å²) in [5, 5.41) is 10.8. The van der Waals surface area contributed by atoms with Gasteiger partial charge in [-0.05, 0) is 37.2 Å². The Labute approximate surface area is 123 Å². The highest BCUT2D eigenvalue weighted by molar-refractivity contribution is 5.95. The Bertz CT molecular complexity index is 575. The molecule has 1 saturated heterocycles. The van der Waals surface area contributed by atoms with Crippen LogP contribution in [-0.2, 0) is 0 Å². The smallest absolute Gasteiger partial charge is 0.270 e. The van der Waals surface area contributed by atoms with Gasteiger partial charge in [-0.2, -0.15) is 0 Å². The lowest BCUT2D eigenvalue weighted by molar-refractivity contribution is -0.384. The molecule has 21 heavy (non-hydrogen) atoms. The second-order valence-electron chi connectivity index (χ2n) is 6.11. The first-order chi connectivity index (χ1) is 10.0. The molecular formula is C15H19N3O3. The van der Waals surface area contributed by atoms with E-state index in [0.29, 0.717) is 17.4 Å². The molecule has 2 N–H and O–H groups in total. The molecule has 1 aliphatic heterocycles. The molecular weight excluding hydrogens is 270 g/mol. The van der Waals surface area contributed by atoms with Gasteiger partial charge in [-0.1, -0.05) is 6.07 Å². The summed E-state index contributed by atoms with van der Waals surface area (Å²) < 4.78 is 0. The van der Waals surface area contributed by atoms with E-state index in [-0.39, 0.29) is 17.6 Å². The molecule has 0 aromatic heterocycles. The molecule has 1 aromatic carbocycles. The number of fused-ring (bicyclic) bond motifs is 1. The third kappa shape index (κ3) is 2.76. The molecule has 0 bridgehead atoms. The van der Waals surface area contributed by atoms with E-state index in [1.807, 2.05) is 4.90 Å². The van der Waals surface area contributed by atoms with Gasteiger partial charge in [-0.3, -0.25) is 14.9 Å². The first kappa shape index (κ1) is 14.0. The maximum Gasteiger partial charge on any atom is 0.270 e. The molecule has 2 aliphatic rings. The van der Waals surface area contributed by atoms with E-state index in [9.17, 15) is 14.9 Å². The van der Waals surface area contributed by atoms with Crippen LogP contribution in [0.1, 0.15) is 29.6 Å². The van der Waals surface area contributed by atoms with E-state index >= 15 is 0 Å². The summed E-state index contributed by atoms with van der Waals surface area (Å²) in [5.41, 5.74) is 6.35. The maximum atomic E-state index is 12.5. The van der Waals surface area contributed by atoms with E-state index < -0.39 is 4.92 Å². The van der Waals surface area contributed by atoms with Crippen LogP contribution in [0.15, 0.2) is 24.3 Å². The molecule has 0 radical (unpaired) electrons. The van der Waals surface area contributed by atoms with Gasteiger partial charge in [0, 0.05) is 36.8 Å². The fourth-order valence-electron chi connectivity index (χ4n) is 3.57. The number of nitrogens with zero attached hydrogens (tertiary/aromatic N) is 2. The standard InChI is InChI=1S/C15H19N3O3/c16-13-5-4-11-8-17(9-12(11)6-13)15(19)10-2-1-3-14(7-10)18(20)21/h1-3,7,11-13H,4-6,8-9,16H2/t11-,12+,13?/m1/s1. The first-order valence-corrected chi connectivity index (χ1v) is 7.34. The highest BCUT2D eigenvalue weighted by Crippen LogP contribution is 2.36. The fourth-order valence-corrected chi connectivity index (χ4v) is 3.57. The van der Waals surface area contributed by atoms with E-state index in [0.717, 1.165) is 32.4 Å². The van der Waals surface area contributed by atoms with Crippen LogP contribution in [-0.4, -0.2) is 34.9 Å². The van der Waals surface area contributed by atoms with Crippen molar-refractivity contribution in [3.05, 3.63) is 39.9 Å². The number of non-ortho nitro benzene ring substituents is 1. The monoisotopic (exact) mass is 289 g/mol. The summed E-state index contributed by atoms with van der Waals surface area (Å²) in [6.45, 7) is 1.47. The quantitative estimate of drug-likeness (QED) is 0.664. The molecule has 2 fully saturated rings. The van der Waals surface area contributed by atoms with E-state index in [1.165, 1.54) is 12.1 Å². The number of carbonyl (C=O) groups is 1. The SMILES string of the molecule is NC1CC[C@@H]2CN(C(=O)c3cccc([N+](=O)[O-])c3)C[C@@H]2C1. The zero-order valence-corrected chi connectivity index (χ0v) is 11.8. The lowest BCUT2D eigenvalue weighted by Gasteiger charge is -2.27. The van der Waals surface area contributed by atoms with Crippen LogP contribution in [0.3, 0.4) is 0 Å². The summed E-state index contributed by atoms with van der Waals surface area (Å²) in [6.07, 6.45) is 3.08. The number of hydrogen-bond acceptors (Lipinski definition) is 4. The Hall–Kier alpha value is -1.95. The fraction of sp³-hybridized carbons (Fsp3) is 0.533. The predicted molar refractivity (Wildman–Crippen MR) is 77.8 cm³/mol. The molecule has 1 saturated carbocycles. The van der Waals surface area contributed by atoms with Gasteiger partial charge in [0.2, 0.25) is 0 Å². The Morgan fingerprint density at radius 3 is 2.81 bits per heavy atom. The van der Waals surface area contributed by atoms with Gasteiger partial charge >= 0.3 is 0 Å². The van der Waals surface area contributed by atoms with E-state index in [4.69, 9.17) is 5.73 Å². The summed E-state index contributed by atoms with van der Waals surface area (Å²) >= 11 is 0. The van der Waals surface area contributed by atoms with Gasteiger partial charge in [0.25, 0.3) is 11.6 Å². The molecule has 3 atom stereocenters. The Kier molecular flexibility index (Phi) is 3.63. The number of carbonyl (C=O) groups excluding carboxylic acids is 1. The molecule has 1 amide bonds. The normalized spacial score (nSPS) is 28.2. The van der Waals surface area contributed by atoms with Crippen LogP contribution in [0.2, 0.25) is 0 Å². The van der Waals surface area contributed by atoms with Crippen molar-refractivity contribution in [2.75, 3.05) is 13.1 Å². The third-order valence-electron chi connectivity index (χ3n) is 4.68. The molecule has 1 heterocycles. The molecule has 0 spiro atoms. The zero-order chi connectivity index (χ0) is 15.0. The maximum absolute atomic E-state index is 12.5. The largest absolute Gasteiger partial charge is 0.338 e. The summed E-state index contributed by atoms with van der Waals surface area (Å²) in [4.78, 5) is 24.7. The molecule has 6 heteroatoms. The number of likely N-dealkylation sites (tertiary alicyclic amines) is 1. The predicted octanol–water partition coefficient (Wildman–Crippen LogP) is 1.79. The lowest BCUT2D eigenvalue weighted by atomic mass is 9.79. The van der Waals surface area contributed by atoms with Gasteiger partial charge in [-0.25, -0.2) is 0 Å². The van der Waals surface area contributed by atoms with Crippen molar-refractivity contribution >= 4 is 11.6 Å². The molecule has 3 rings (SSSR count). The van der Waals surface area contributed by atoms with Crippen molar-refractivity contribution in [2.24, 2.45) is 17.6 Å². The molecule has 1 aliphatic carbocycles. The van der Waals surface area contributed by atoms with Crippen LogP contribution < -0.4 is 5.73 Å². The van der Waals surface area contributed by atoms with Gasteiger partial charge < -0.3 is 10.6 Å². The average Bonchev–Trinajstić information content (AvgIpc) is 2.89. The summed E-state index contributed by atoms with van der Waals surface area (Å²) in [6, 6.07) is 6.21. The number of benzene rings is 1. The van der Waals surface area contributed by atoms with Crippen molar-refractivity contribution in [2.45, 2.75) is 25.3 Å². The minimum absolute atomic E-state index is 0.0421. The highest BCUT2D eigenvalue weighted by atomic mass is 16.6. The summed E-state index contributed by atoms with van der Waals surface area (Å²) in [7, 11) is 0. The van der Waals surface area contributed by atoms with Crippen molar-refractivity contribution in [3.8, 4) is 0 Å².